The summed E-state index contributed by atoms with van der Waals surface area (Å²) in [7, 11) is -2.23. The minimum Gasteiger partial charge on any atom is -0.316 e. The zero-order valence-corrected chi connectivity index (χ0v) is 12.6. The van der Waals surface area contributed by atoms with Crippen molar-refractivity contribution in [2.75, 3.05) is 7.05 Å². The molecule has 0 radical (unpaired) electrons. The van der Waals surface area contributed by atoms with E-state index in [0.717, 1.165) is 6.07 Å². The van der Waals surface area contributed by atoms with Gasteiger partial charge in [-0.1, -0.05) is 11.6 Å². The van der Waals surface area contributed by atoms with Gasteiger partial charge in [-0.3, -0.25) is 5.10 Å². The number of nitrogens with one attached hydrogen (secondary N) is 3. The second-order valence-electron chi connectivity index (χ2n) is 4.17. The van der Waals surface area contributed by atoms with E-state index in [-0.39, 0.29) is 23.0 Å². The zero-order valence-electron chi connectivity index (χ0n) is 11.0. The Bertz CT molecular complexity index is 720. The third-order valence-corrected chi connectivity index (χ3v) is 4.45. The highest BCUT2D eigenvalue weighted by Gasteiger charge is 2.19. The highest BCUT2D eigenvalue weighted by atomic mass is 35.5. The molecule has 0 aliphatic carbocycles. The molecule has 10 heteroatoms. The van der Waals surface area contributed by atoms with Crippen LogP contribution in [0, 0.1) is 5.82 Å². The van der Waals surface area contributed by atoms with Gasteiger partial charge in [0.25, 0.3) is 0 Å². The molecule has 0 unspecified atom stereocenters. The molecular weight excluding hydrogens is 321 g/mol. The van der Waals surface area contributed by atoms with Gasteiger partial charge in [0.15, 0.2) is 0 Å². The molecule has 0 spiro atoms. The van der Waals surface area contributed by atoms with Gasteiger partial charge in [-0.25, -0.2) is 22.5 Å². The van der Waals surface area contributed by atoms with Gasteiger partial charge in [0.1, 0.15) is 18.0 Å². The molecule has 0 saturated heterocycles. The first-order valence-electron chi connectivity index (χ1n) is 5.90. The minimum absolute atomic E-state index is 0.0755. The van der Waals surface area contributed by atoms with E-state index in [4.69, 9.17) is 11.6 Å². The van der Waals surface area contributed by atoms with Crippen molar-refractivity contribution in [2.24, 2.45) is 0 Å². The number of aromatic nitrogens is 3. The number of hydrogen-bond acceptors (Lipinski definition) is 5. The summed E-state index contributed by atoms with van der Waals surface area (Å²) in [6, 6.07) is 2.20. The molecule has 2 aromatic rings. The molecule has 0 aliphatic heterocycles. The van der Waals surface area contributed by atoms with E-state index >= 15 is 0 Å². The van der Waals surface area contributed by atoms with Gasteiger partial charge in [-0.15, -0.1) is 0 Å². The summed E-state index contributed by atoms with van der Waals surface area (Å²) in [4.78, 5) is 3.59. The van der Waals surface area contributed by atoms with Crippen molar-refractivity contribution in [3.05, 3.63) is 40.7 Å². The lowest BCUT2D eigenvalue weighted by molar-refractivity contribution is 0.574. The van der Waals surface area contributed by atoms with Gasteiger partial charge >= 0.3 is 0 Å². The van der Waals surface area contributed by atoms with Crippen LogP contribution in [-0.2, 0) is 23.1 Å². The largest absolute Gasteiger partial charge is 0.316 e. The summed E-state index contributed by atoms with van der Waals surface area (Å²) < 4.78 is 40.3. The molecule has 0 saturated carbocycles. The summed E-state index contributed by atoms with van der Waals surface area (Å²) >= 11 is 5.80. The minimum atomic E-state index is -3.88. The van der Waals surface area contributed by atoms with Crippen LogP contribution in [0.15, 0.2) is 23.4 Å². The monoisotopic (exact) mass is 333 g/mol. The third-order valence-electron chi connectivity index (χ3n) is 2.65. The van der Waals surface area contributed by atoms with Crippen LogP contribution in [0.5, 0.6) is 0 Å². The molecule has 1 aromatic heterocycles. The van der Waals surface area contributed by atoms with E-state index in [2.05, 4.69) is 25.2 Å². The maximum atomic E-state index is 13.7. The van der Waals surface area contributed by atoms with Crippen molar-refractivity contribution in [1.82, 2.24) is 25.2 Å². The number of rotatable bonds is 6. The van der Waals surface area contributed by atoms with E-state index in [1.54, 1.807) is 7.05 Å². The third kappa shape index (κ3) is 3.76. The highest BCUT2D eigenvalue weighted by Crippen LogP contribution is 2.24. The smallest absolute Gasteiger partial charge is 0.241 e. The van der Waals surface area contributed by atoms with E-state index in [1.807, 2.05) is 0 Å². The number of H-pyrrole nitrogens is 1. The van der Waals surface area contributed by atoms with Crippen LogP contribution >= 0.6 is 11.6 Å². The Morgan fingerprint density at radius 1 is 1.38 bits per heavy atom. The van der Waals surface area contributed by atoms with Gasteiger partial charge in [-0.05, 0) is 24.7 Å². The molecule has 1 aromatic carbocycles. The second kappa shape index (κ2) is 6.48. The first-order valence-corrected chi connectivity index (χ1v) is 7.76. The molecule has 114 valence electrons. The van der Waals surface area contributed by atoms with Crippen molar-refractivity contribution in [1.29, 1.82) is 0 Å². The topological polar surface area (TPSA) is 99.8 Å². The molecule has 0 aliphatic rings. The second-order valence-corrected chi connectivity index (χ2v) is 6.31. The van der Waals surface area contributed by atoms with Gasteiger partial charge < -0.3 is 5.32 Å². The first-order chi connectivity index (χ1) is 9.94. The summed E-state index contributed by atoms with van der Waals surface area (Å²) in [5.41, 5.74) is 0.360. The number of benzene rings is 1. The van der Waals surface area contributed by atoms with Crippen LogP contribution in [0.1, 0.15) is 11.4 Å². The summed E-state index contributed by atoms with van der Waals surface area (Å²) in [6.45, 7) is 0.176. The van der Waals surface area contributed by atoms with Crippen LogP contribution in [0.3, 0.4) is 0 Å². The fourth-order valence-corrected chi connectivity index (χ4v) is 2.88. The number of hydrogen-bond donors (Lipinski definition) is 3. The summed E-state index contributed by atoms with van der Waals surface area (Å²) in [5.74, 6) is -0.437. The van der Waals surface area contributed by atoms with Crippen LogP contribution in [0.2, 0.25) is 5.02 Å². The molecule has 0 fully saturated rings. The first kappa shape index (κ1) is 15.8. The average Bonchev–Trinajstić information content (AvgIpc) is 2.95. The quantitative estimate of drug-likeness (QED) is 0.726. The lowest BCUT2D eigenvalue weighted by Gasteiger charge is -2.10. The van der Waals surface area contributed by atoms with Crippen LogP contribution in [-0.4, -0.2) is 30.6 Å². The van der Waals surface area contributed by atoms with E-state index in [9.17, 15) is 12.8 Å². The summed E-state index contributed by atoms with van der Waals surface area (Å²) in [6.07, 6.45) is 1.26. The molecule has 1 heterocycles. The van der Waals surface area contributed by atoms with Gasteiger partial charge in [0.2, 0.25) is 10.0 Å². The Labute approximate surface area is 126 Å². The molecule has 21 heavy (non-hydrogen) atoms. The Hall–Kier alpha value is -1.55. The van der Waals surface area contributed by atoms with Crippen molar-refractivity contribution < 1.29 is 12.8 Å². The predicted molar refractivity (Wildman–Crippen MR) is 74.6 cm³/mol. The predicted octanol–water partition coefficient (Wildman–Crippen LogP) is 0.795. The van der Waals surface area contributed by atoms with Crippen LogP contribution in [0.4, 0.5) is 4.39 Å². The van der Waals surface area contributed by atoms with Gasteiger partial charge in [0, 0.05) is 6.54 Å². The fraction of sp³-hybridized carbons (Fsp3) is 0.273. The van der Waals surface area contributed by atoms with Gasteiger partial charge in [0.05, 0.1) is 16.5 Å². The van der Waals surface area contributed by atoms with Crippen molar-refractivity contribution in [2.45, 2.75) is 18.0 Å². The molecule has 0 amide bonds. The number of aromatic amines is 1. The molecule has 0 atom stereocenters. The molecule has 0 bridgehead atoms. The van der Waals surface area contributed by atoms with Gasteiger partial charge in [-0.2, -0.15) is 5.10 Å². The van der Waals surface area contributed by atoms with E-state index in [1.165, 1.54) is 12.4 Å². The van der Waals surface area contributed by atoms with Crippen molar-refractivity contribution in [3.63, 3.8) is 0 Å². The number of sulfonamides is 1. The Balaban J connectivity index is 2.27. The SMILES string of the molecule is CNCc1cc(S(=O)(=O)NCc2ncn[nH]2)cc(F)c1Cl. The van der Waals surface area contributed by atoms with Crippen LogP contribution in [0.25, 0.3) is 0 Å². The molecule has 3 N–H and O–H groups in total. The highest BCUT2D eigenvalue weighted by molar-refractivity contribution is 7.89. The Morgan fingerprint density at radius 2 is 2.14 bits per heavy atom. The van der Waals surface area contributed by atoms with Crippen molar-refractivity contribution >= 4 is 21.6 Å². The zero-order chi connectivity index (χ0) is 15.5. The molecule has 7 nitrogen and oxygen atoms in total. The fourth-order valence-electron chi connectivity index (χ4n) is 1.66. The Kier molecular flexibility index (Phi) is 4.88. The molecule has 2 rings (SSSR count). The molecular formula is C11H13ClFN5O2S. The van der Waals surface area contributed by atoms with E-state index < -0.39 is 15.8 Å². The lowest BCUT2D eigenvalue weighted by Crippen LogP contribution is -2.24. The lowest BCUT2D eigenvalue weighted by atomic mass is 10.2. The van der Waals surface area contributed by atoms with Crippen LogP contribution < -0.4 is 10.0 Å². The Morgan fingerprint density at radius 3 is 2.76 bits per heavy atom. The van der Waals surface area contributed by atoms with Crippen molar-refractivity contribution in [3.8, 4) is 0 Å². The average molecular weight is 334 g/mol. The normalized spacial score (nSPS) is 11.8. The maximum absolute atomic E-state index is 13.7. The summed E-state index contributed by atoms with van der Waals surface area (Å²) in [5, 5.41) is 8.82. The number of halogens is 2. The van der Waals surface area contributed by atoms with E-state index in [0.29, 0.717) is 11.4 Å². The number of nitrogens with zero attached hydrogens (tertiary/aromatic N) is 2. The standard InChI is InChI=1S/C11H13ClFN5O2S/c1-14-4-7-2-8(3-9(13)11(7)12)21(19,20)17-5-10-15-6-16-18-10/h2-3,6,14,17H,4-5H2,1H3,(H,15,16,18). The maximum Gasteiger partial charge on any atom is 0.241 e.